The molecule has 4 aromatic rings. The Labute approximate surface area is 181 Å². The highest BCUT2D eigenvalue weighted by molar-refractivity contribution is 7.93. The van der Waals surface area contributed by atoms with Gasteiger partial charge in [-0.3, -0.25) is 4.79 Å². The number of benzene rings is 3. The summed E-state index contributed by atoms with van der Waals surface area (Å²) < 4.78 is 46.8. The predicted molar refractivity (Wildman–Crippen MR) is 116 cm³/mol. The molecule has 1 aromatic heterocycles. The van der Waals surface area contributed by atoms with Gasteiger partial charge in [0, 0.05) is 0 Å². The number of halogens is 1. The van der Waals surface area contributed by atoms with Crippen LogP contribution in [0.4, 0.5) is 10.1 Å². The molecule has 1 heterocycles. The first-order valence-corrected chi connectivity index (χ1v) is 11.4. The Morgan fingerprint density at radius 3 is 2.52 bits per heavy atom. The summed E-state index contributed by atoms with van der Waals surface area (Å²) in [6.45, 7) is 1.46. The van der Waals surface area contributed by atoms with E-state index in [1.165, 1.54) is 25.1 Å². The lowest BCUT2D eigenvalue weighted by Gasteiger charge is -2.23. The van der Waals surface area contributed by atoms with Crippen LogP contribution in [-0.2, 0) is 21.2 Å². The van der Waals surface area contributed by atoms with Gasteiger partial charge in [0.2, 0.25) is 5.91 Å². The maximum atomic E-state index is 13.6. The van der Waals surface area contributed by atoms with Gasteiger partial charge < -0.3 is 4.42 Å². The third-order valence-electron chi connectivity index (χ3n) is 4.63. The van der Waals surface area contributed by atoms with Gasteiger partial charge in [-0.15, -0.1) is 0 Å². The number of nitrogens with zero attached hydrogens (tertiary/aromatic N) is 1. The summed E-state index contributed by atoms with van der Waals surface area (Å²) in [4.78, 5) is 24.1. The van der Waals surface area contributed by atoms with Crippen LogP contribution in [0, 0.1) is 12.7 Å². The Bertz CT molecular complexity index is 1440. The number of anilines is 1. The molecule has 1 amide bonds. The average molecular weight is 458 g/mol. The average Bonchev–Trinajstić information content (AvgIpc) is 3.07. The molecule has 0 spiro atoms. The molecular weight excluding hydrogens is 441 g/mol. The van der Waals surface area contributed by atoms with E-state index in [1.54, 1.807) is 30.3 Å². The number of aryl methyl sites for hydroxylation is 1. The monoisotopic (exact) mass is 457 g/mol. The Morgan fingerprint density at radius 1 is 1.06 bits per heavy atom. The highest BCUT2D eigenvalue weighted by Gasteiger charge is 2.32. The third kappa shape index (κ3) is 4.14. The number of sulfonamides is 1. The second-order valence-electron chi connectivity index (χ2n) is 6.82. The lowest BCUT2D eigenvalue weighted by molar-refractivity contribution is -0.116. The van der Waals surface area contributed by atoms with Crippen LogP contribution in [0.5, 0.6) is 0 Å². The van der Waals surface area contributed by atoms with E-state index in [2.05, 4.69) is 0 Å². The molecule has 0 saturated carbocycles. The fourth-order valence-electron chi connectivity index (χ4n) is 3.25. The van der Waals surface area contributed by atoms with E-state index in [1.807, 2.05) is 0 Å². The van der Waals surface area contributed by atoms with E-state index in [0.29, 0.717) is 20.2 Å². The van der Waals surface area contributed by atoms with Gasteiger partial charge in [0.25, 0.3) is 10.0 Å². The van der Waals surface area contributed by atoms with Gasteiger partial charge in [-0.25, -0.2) is 21.9 Å². The Morgan fingerprint density at radius 2 is 1.81 bits per heavy atom. The van der Waals surface area contributed by atoms with Gasteiger partial charge in [0.15, 0.2) is 0 Å². The summed E-state index contributed by atoms with van der Waals surface area (Å²) in [6, 6.07) is 16.3. The van der Waals surface area contributed by atoms with Crippen molar-refractivity contribution in [1.82, 2.24) is 0 Å². The zero-order valence-electron chi connectivity index (χ0n) is 16.2. The van der Waals surface area contributed by atoms with Crippen LogP contribution in [0.15, 0.2) is 80.8 Å². The number of hydrogen-bond acceptors (Lipinski definition) is 6. The summed E-state index contributed by atoms with van der Waals surface area (Å²) in [6.07, 6.45) is -0.167. The SMILES string of the molecule is Cc1cc(F)ccc1S(=O)(=O)N(C(=O)Cc1ccccc1)c1ccc2oc(=O)sc2c1. The highest BCUT2D eigenvalue weighted by Crippen LogP contribution is 2.30. The standard InChI is InChI=1S/C22H16FNO5S2/c1-14-11-16(23)7-10-20(14)31(27,28)24(21(25)12-15-5-3-2-4-6-15)17-8-9-18-19(13-17)30-22(26)29-18/h2-11,13H,12H2,1H3. The second-order valence-corrected chi connectivity index (χ2v) is 9.55. The van der Waals surface area contributed by atoms with Gasteiger partial charge in [-0.1, -0.05) is 41.7 Å². The van der Waals surface area contributed by atoms with E-state index in [0.717, 1.165) is 29.5 Å². The van der Waals surface area contributed by atoms with E-state index >= 15 is 0 Å². The predicted octanol–water partition coefficient (Wildman–Crippen LogP) is 4.27. The first-order chi connectivity index (χ1) is 14.8. The summed E-state index contributed by atoms with van der Waals surface area (Å²) in [5, 5.41) is 0. The van der Waals surface area contributed by atoms with Crippen molar-refractivity contribution < 1.29 is 22.0 Å². The van der Waals surface area contributed by atoms with Crippen LogP contribution in [0.1, 0.15) is 11.1 Å². The molecular formula is C22H16FNO5S2. The second kappa shape index (κ2) is 8.09. The molecule has 0 saturated heterocycles. The van der Waals surface area contributed by atoms with E-state index in [4.69, 9.17) is 4.42 Å². The molecule has 9 heteroatoms. The summed E-state index contributed by atoms with van der Waals surface area (Å²) >= 11 is 0.806. The van der Waals surface area contributed by atoms with Crippen molar-refractivity contribution in [1.29, 1.82) is 0 Å². The molecule has 0 radical (unpaired) electrons. The molecule has 0 aliphatic heterocycles. The number of carbonyl (C=O) groups excluding carboxylic acids is 1. The number of amides is 1. The molecule has 0 aliphatic carbocycles. The molecule has 3 aromatic carbocycles. The van der Waals surface area contributed by atoms with Crippen LogP contribution < -0.4 is 9.24 Å². The normalized spacial score (nSPS) is 11.5. The minimum atomic E-state index is -4.37. The zero-order chi connectivity index (χ0) is 22.2. The first-order valence-electron chi connectivity index (χ1n) is 9.17. The van der Waals surface area contributed by atoms with Gasteiger partial charge >= 0.3 is 4.94 Å². The smallest absolute Gasteiger partial charge is 0.396 e. The molecule has 0 fully saturated rings. The van der Waals surface area contributed by atoms with Gasteiger partial charge in [-0.2, -0.15) is 0 Å². The number of rotatable bonds is 5. The number of fused-ring (bicyclic) bond motifs is 1. The topological polar surface area (TPSA) is 84.7 Å². The van der Waals surface area contributed by atoms with Crippen LogP contribution in [0.3, 0.4) is 0 Å². The number of carbonyl (C=O) groups is 1. The molecule has 0 atom stereocenters. The maximum absolute atomic E-state index is 13.6. The highest BCUT2D eigenvalue weighted by atomic mass is 32.2. The van der Waals surface area contributed by atoms with Crippen molar-refractivity contribution in [2.45, 2.75) is 18.2 Å². The van der Waals surface area contributed by atoms with E-state index in [-0.39, 0.29) is 22.6 Å². The minimum Gasteiger partial charge on any atom is -0.414 e. The van der Waals surface area contributed by atoms with Gasteiger partial charge in [0.05, 0.1) is 21.7 Å². The zero-order valence-corrected chi connectivity index (χ0v) is 17.9. The van der Waals surface area contributed by atoms with Crippen molar-refractivity contribution in [2.75, 3.05) is 4.31 Å². The number of hydrogen-bond donors (Lipinski definition) is 0. The van der Waals surface area contributed by atoms with Gasteiger partial charge in [0.1, 0.15) is 11.4 Å². The lowest BCUT2D eigenvalue weighted by atomic mass is 10.1. The molecule has 0 bridgehead atoms. The fourth-order valence-corrected chi connectivity index (χ4v) is 5.57. The van der Waals surface area contributed by atoms with Crippen LogP contribution in [-0.4, -0.2) is 14.3 Å². The Balaban J connectivity index is 1.86. The Kier molecular flexibility index (Phi) is 5.47. The van der Waals surface area contributed by atoms with Gasteiger partial charge in [-0.05, 0) is 54.4 Å². The quantitative estimate of drug-likeness (QED) is 0.447. The minimum absolute atomic E-state index is 0.0641. The molecule has 6 nitrogen and oxygen atoms in total. The van der Waals surface area contributed by atoms with Crippen molar-refractivity contribution >= 4 is 43.2 Å². The summed E-state index contributed by atoms with van der Waals surface area (Å²) in [5.41, 5.74) is 1.17. The Hall–Kier alpha value is -3.30. The van der Waals surface area contributed by atoms with Crippen LogP contribution >= 0.6 is 11.3 Å². The van der Waals surface area contributed by atoms with Crippen molar-refractivity contribution in [2.24, 2.45) is 0 Å². The van der Waals surface area contributed by atoms with Crippen molar-refractivity contribution in [3.05, 3.63) is 93.4 Å². The molecule has 4 rings (SSSR count). The van der Waals surface area contributed by atoms with Crippen LogP contribution in [0.25, 0.3) is 10.3 Å². The van der Waals surface area contributed by atoms with Crippen molar-refractivity contribution in [3.8, 4) is 0 Å². The molecule has 158 valence electrons. The van der Waals surface area contributed by atoms with Crippen molar-refractivity contribution in [3.63, 3.8) is 0 Å². The van der Waals surface area contributed by atoms with Crippen LogP contribution in [0.2, 0.25) is 0 Å². The summed E-state index contributed by atoms with van der Waals surface area (Å²) in [7, 11) is -4.37. The molecule has 0 aliphatic rings. The molecule has 0 unspecified atom stereocenters. The largest absolute Gasteiger partial charge is 0.414 e. The van der Waals surface area contributed by atoms with E-state index < -0.39 is 26.7 Å². The maximum Gasteiger partial charge on any atom is 0.396 e. The summed E-state index contributed by atoms with van der Waals surface area (Å²) in [5.74, 6) is -1.27. The molecule has 0 N–H and O–H groups in total. The lowest BCUT2D eigenvalue weighted by Crippen LogP contribution is -2.38. The third-order valence-corrected chi connectivity index (χ3v) is 7.33. The van der Waals surface area contributed by atoms with E-state index in [9.17, 15) is 22.4 Å². The first kappa shape index (κ1) is 21.0. The fraction of sp³-hybridized carbons (Fsp3) is 0.0909. The molecule has 31 heavy (non-hydrogen) atoms.